The van der Waals surface area contributed by atoms with E-state index in [4.69, 9.17) is 4.37 Å². The lowest BCUT2D eigenvalue weighted by Crippen LogP contribution is -2.49. The third-order valence-corrected chi connectivity index (χ3v) is 10.8. The molecule has 5 unspecified atom stereocenters. The summed E-state index contributed by atoms with van der Waals surface area (Å²) < 4.78 is 6.02. The number of carbonyl (C=O) groups excluding carboxylic acids is 2. The fourth-order valence-electron chi connectivity index (χ4n) is 8.22. The van der Waals surface area contributed by atoms with Crippen LogP contribution >= 0.6 is 11.5 Å². The number of carbonyl (C=O) groups is 2. The number of benzene rings is 1. The Morgan fingerprint density at radius 1 is 0.829 bits per heavy atom. The maximum Gasteiger partial charge on any atom is 0.233 e. The molecule has 1 aromatic heterocycles. The first-order chi connectivity index (χ1) is 17.2. The minimum absolute atomic E-state index is 0.0261. The number of fused-ring (bicyclic) bond motifs is 6. The predicted molar refractivity (Wildman–Crippen MR) is 138 cm³/mol. The molecule has 2 saturated heterocycles. The Kier molecular flexibility index (Phi) is 5.61. The monoisotopic (exact) mass is 492 g/mol. The van der Waals surface area contributed by atoms with Crippen LogP contribution in [-0.4, -0.2) is 65.3 Å². The van der Waals surface area contributed by atoms with Crippen molar-refractivity contribution in [1.29, 1.82) is 0 Å². The second kappa shape index (κ2) is 8.84. The van der Waals surface area contributed by atoms with Gasteiger partial charge in [-0.1, -0.05) is 25.0 Å². The molecule has 0 N–H and O–H groups in total. The van der Waals surface area contributed by atoms with Crippen LogP contribution in [0.1, 0.15) is 44.9 Å². The number of piperazine rings is 1. The van der Waals surface area contributed by atoms with Crippen LogP contribution in [0.25, 0.3) is 10.1 Å². The van der Waals surface area contributed by atoms with Gasteiger partial charge in [0.1, 0.15) is 5.82 Å². The molecule has 7 rings (SSSR count). The first kappa shape index (κ1) is 22.2. The number of imide groups is 1. The van der Waals surface area contributed by atoms with Crippen molar-refractivity contribution >= 4 is 39.3 Å². The van der Waals surface area contributed by atoms with Gasteiger partial charge in [-0.25, -0.2) is 0 Å². The number of hydrogen-bond donors (Lipinski definition) is 0. The fourth-order valence-corrected chi connectivity index (χ4v) is 9.02. The largest absolute Gasteiger partial charge is 0.353 e. The van der Waals surface area contributed by atoms with E-state index in [1.165, 1.54) is 29.3 Å². The van der Waals surface area contributed by atoms with Crippen LogP contribution in [0.5, 0.6) is 0 Å². The number of anilines is 1. The van der Waals surface area contributed by atoms with E-state index < -0.39 is 0 Å². The zero-order valence-corrected chi connectivity index (χ0v) is 21.3. The summed E-state index contributed by atoms with van der Waals surface area (Å²) in [6.45, 7) is 5.93. The average molecular weight is 493 g/mol. The summed E-state index contributed by atoms with van der Waals surface area (Å²) in [5.41, 5.74) is 0. The van der Waals surface area contributed by atoms with Gasteiger partial charge < -0.3 is 4.90 Å². The van der Waals surface area contributed by atoms with Crippen LogP contribution in [-0.2, 0) is 9.59 Å². The van der Waals surface area contributed by atoms with Gasteiger partial charge in [0.05, 0.1) is 16.5 Å². The topological polar surface area (TPSA) is 56.8 Å². The Bertz CT molecular complexity index is 1100. The molecule has 2 amide bonds. The third-order valence-electron chi connectivity index (χ3n) is 10.0. The molecule has 35 heavy (non-hydrogen) atoms. The fraction of sp³-hybridized carbons (Fsp3) is 0.679. The molecule has 3 saturated carbocycles. The third kappa shape index (κ3) is 3.72. The normalized spacial score (nSPS) is 35.4. The van der Waals surface area contributed by atoms with Crippen LogP contribution in [0.2, 0.25) is 0 Å². The van der Waals surface area contributed by atoms with Gasteiger partial charge in [-0.2, -0.15) is 4.37 Å². The Morgan fingerprint density at radius 2 is 1.49 bits per heavy atom. The summed E-state index contributed by atoms with van der Waals surface area (Å²) in [7, 11) is 0. The highest BCUT2D eigenvalue weighted by atomic mass is 32.1. The molecule has 2 aromatic rings. The van der Waals surface area contributed by atoms with Crippen molar-refractivity contribution in [3.05, 3.63) is 24.3 Å². The predicted octanol–water partition coefficient (Wildman–Crippen LogP) is 4.26. The Balaban J connectivity index is 0.986. The van der Waals surface area contributed by atoms with Gasteiger partial charge in [0.2, 0.25) is 11.8 Å². The van der Waals surface area contributed by atoms with E-state index in [-0.39, 0.29) is 23.7 Å². The minimum atomic E-state index is 0.0261. The Labute approximate surface area is 211 Å². The molecule has 6 atom stereocenters. The number of likely N-dealkylation sites (tertiary alicyclic amines) is 1. The van der Waals surface area contributed by atoms with Crippen LogP contribution in [0.4, 0.5) is 5.82 Å². The molecular formula is C28H36N4O2S. The van der Waals surface area contributed by atoms with Crippen molar-refractivity contribution in [3.63, 3.8) is 0 Å². The summed E-state index contributed by atoms with van der Waals surface area (Å²) in [5, 5.41) is 1.27. The first-order valence-electron chi connectivity index (χ1n) is 13.8. The van der Waals surface area contributed by atoms with Crippen molar-refractivity contribution in [1.82, 2.24) is 14.2 Å². The van der Waals surface area contributed by atoms with E-state index >= 15 is 0 Å². The van der Waals surface area contributed by atoms with Crippen LogP contribution in [0, 0.1) is 35.5 Å². The molecule has 6 nitrogen and oxygen atoms in total. The van der Waals surface area contributed by atoms with Crippen molar-refractivity contribution in [2.45, 2.75) is 44.9 Å². The van der Waals surface area contributed by atoms with Crippen LogP contribution < -0.4 is 4.90 Å². The molecule has 5 aliphatic rings. The summed E-state index contributed by atoms with van der Waals surface area (Å²) >= 11 is 1.60. The molecule has 2 aliphatic heterocycles. The van der Waals surface area contributed by atoms with Gasteiger partial charge in [-0.3, -0.25) is 19.4 Å². The first-order valence-corrected chi connectivity index (χ1v) is 14.6. The van der Waals surface area contributed by atoms with Crippen LogP contribution in [0.15, 0.2) is 24.3 Å². The molecule has 186 valence electrons. The molecule has 1 aromatic carbocycles. The molecule has 5 fully saturated rings. The maximum atomic E-state index is 13.3. The SMILES string of the molecule is O=C1C2C3CCC(C3)C2C(=O)N1C[C@@H]1CCCCC1CN1CCN(c2nsc3ccccc23)CC1. The van der Waals surface area contributed by atoms with Crippen molar-refractivity contribution in [2.75, 3.05) is 44.2 Å². The number of aromatic nitrogens is 1. The lowest BCUT2D eigenvalue weighted by molar-refractivity contribution is -0.142. The number of hydrogen-bond acceptors (Lipinski definition) is 6. The highest BCUT2D eigenvalue weighted by Crippen LogP contribution is 2.56. The van der Waals surface area contributed by atoms with Gasteiger partial charge in [-0.05, 0) is 79.4 Å². The van der Waals surface area contributed by atoms with E-state index in [9.17, 15) is 9.59 Å². The smallest absolute Gasteiger partial charge is 0.233 e. The number of amides is 2. The van der Waals surface area contributed by atoms with E-state index in [1.54, 1.807) is 16.4 Å². The highest BCUT2D eigenvalue weighted by Gasteiger charge is 2.61. The lowest BCUT2D eigenvalue weighted by Gasteiger charge is -2.40. The standard InChI is InChI=1S/C28H36N4O2S/c33-27-24-18-9-10-19(15-18)25(24)28(34)32(27)17-21-6-2-1-5-20(21)16-30-11-13-31(14-12-30)26-22-7-3-4-8-23(22)35-29-26/h3-4,7-8,18-21,24-25H,1-2,5-6,9-17H2/t18?,19?,20?,21-,24?,25?/m0/s1. The van der Waals surface area contributed by atoms with Gasteiger partial charge in [-0.15, -0.1) is 0 Å². The molecule has 7 heteroatoms. The molecule has 3 heterocycles. The molecule has 0 spiro atoms. The van der Waals surface area contributed by atoms with Gasteiger partial charge in [0.25, 0.3) is 0 Å². The summed E-state index contributed by atoms with van der Waals surface area (Å²) in [5.74, 6) is 3.59. The second-order valence-corrected chi connectivity index (χ2v) is 12.6. The zero-order chi connectivity index (χ0) is 23.5. The summed E-state index contributed by atoms with van der Waals surface area (Å²) in [6, 6.07) is 8.54. The van der Waals surface area contributed by atoms with E-state index in [1.807, 2.05) is 0 Å². The minimum Gasteiger partial charge on any atom is -0.353 e. The Hall–Kier alpha value is -1.99. The van der Waals surface area contributed by atoms with E-state index in [2.05, 4.69) is 34.1 Å². The van der Waals surface area contributed by atoms with E-state index in [0.29, 0.717) is 30.2 Å². The van der Waals surface area contributed by atoms with Crippen molar-refractivity contribution < 1.29 is 9.59 Å². The van der Waals surface area contributed by atoms with Crippen LogP contribution in [0.3, 0.4) is 0 Å². The van der Waals surface area contributed by atoms with Gasteiger partial charge in [0.15, 0.2) is 0 Å². The molecule has 2 bridgehead atoms. The maximum absolute atomic E-state index is 13.3. The molecule has 3 aliphatic carbocycles. The Morgan fingerprint density at radius 3 is 2.20 bits per heavy atom. The van der Waals surface area contributed by atoms with Crippen molar-refractivity contribution in [3.8, 4) is 0 Å². The number of nitrogens with zero attached hydrogens (tertiary/aromatic N) is 4. The van der Waals surface area contributed by atoms with E-state index in [0.717, 1.165) is 64.2 Å². The molecule has 0 radical (unpaired) electrons. The quantitative estimate of drug-likeness (QED) is 0.584. The average Bonchev–Trinajstić information content (AvgIpc) is 3.66. The second-order valence-electron chi connectivity index (χ2n) is 11.8. The van der Waals surface area contributed by atoms with Crippen molar-refractivity contribution in [2.24, 2.45) is 35.5 Å². The summed E-state index contributed by atoms with van der Waals surface area (Å²) in [6.07, 6.45) is 8.35. The zero-order valence-electron chi connectivity index (χ0n) is 20.5. The highest BCUT2D eigenvalue weighted by molar-refractivity contribution is 7.13. The molecular weight excluding hydrogens is 456 g/mol. The number of rotatable bonds is 5. The lowest BCUT2D eigenvalue weighted by atomic mass is 9.78. The summed E-state index contributed by atoms with van der Waals surface area (Å²) in [4.78, 5) is 33.4. The van der Waals surface area contributed by atoms with Gasteiger partial charge in [0, 0.05) is 44.7 Å². The van der Waals surface area contributed by atoms with Gasteiger partial charge >= 0.3 is 0 Å².